The molecule has 1 aliphatic rings. The third kappa shape index (κ3) is 2.82. The van der Waals surface area contributed by atoms with Crippen molar-refractivity contribution in [3.63, 3.8) is 0 Å². The third-order valence-electron chi connectivity index (χ3n) is 4.17. The molecule has 4 rings (SSSR count). The van der Waals surface area contributed by atoms with E-state index in [1.807, 2.05) is 23.8 Å². The Morgan fingerprint density at radius 1 is 1.31 bits per heavy atom. The standard InChI is InChI=1S/C17H16N6O2S/c1-10-14(16(24)19-12-3-5-13(25-2)6-4-12)15(11-7-8-26-9-11)23-17(18-10)20-21-22-23/h3-9,15H,1-2H3,(H,19,24)(H,18,20,22)/t15-/m0/s1. The maximum atomic E-state index is 13.1. The summed E-state index contributed by atoms with van der Waals surface area (Å²) in [6.07, 6.45) is 0. The second kappa shape index (κ2) is 6.60. The molecule has 0 unspecified atom stereocenters. The first-order valence-corrected chi connectivity index (χ1v) is 8.85. The van der Waals surface area contributed by atoms with E-state index in [1.54, 1.807) is 47.4 Å². The number of carbonyl (C=O) groups excluding carboxylic acids is 1. The predicted octanol–water partition coefficient (Wildman–Crippen LogP) is 2.67. The van der Waals surface area contributed by atoms with Gasteiger partial charge in [0.15, 0.2) is 0 Å². The van der Waals surface area contributed by atoms with E-state index in [-0.39, 0.29) is 11.9 Å². The van der Waals surface area contributed by atoms with Gasteiger partial charge in [-0.05, 0) is 64.0 Å². The first kappa shape index (κ1) is 16.3. The van der Waals surface area contributed by atoms with E-state index in [2.05, 4.69) is 26.2 Å². The summed E-state index contributed by atoms with van der Waals surface area (Å²) in [4.78, 5) is 13.1. The fourth-order valence-corrected chi connectivity index (χ4v) is 3.60. The SMILES string of the molecule is COc1ccc(NC(=O)C2=C(C)Nc3nnnn3[C@H]2c2ccsc2)cc1. The average Bonchev–Trinajstić information content (AvgIpc) is 3.32. The van der Waals surface area contributed by atoms with E-state index in [0.717, 1.165) is 17.0 Å². The second-order valence-corrected chi connectivity index (χ2v) is 6.53. The summed E-state index contributed by atoms with van der Waals surface area (Å²) in [5.74, 6) is 1.03. The molecule has 0 bridgehead atoms. The fourth-order valence-electron chi connectivity index (χ4n) is 2.92. The molecule has 0 saturated heterocycles. The van der Waals surface area contributed by atoms with Crippen molar-refractivity contribution in [2.45, 2.75) is 13.0 Å². The van der Waals surface area contributed by atoms with E-state index < -0.39 is 0 Å². The van der Waals surface area contributed by atoms with Crippen molar-refractivity contribution in [2.75, 3.05) is 17.7 Å². The highest BCUT2D eigenvalue weighted by molar-refractivity contribution is 7.08. The van der Waals surface area contributed by atoms with Gasteiger partial charge in [-0.25, -0.2) is 0 Å². The topological polar surface area (TPSA) is 94.0 Å². The minimum Gasteiger partial charge on any atom is -0.497 e. The Hall–Kier alpha value is -3.20. The number of nitrogens with zero attached hydrogens (tertiary/aromatic N) is 4. The molecule has 3 heterocycles. The molecular weight excluding hydrogens is 352 g/mol. The summed E-state index contributed by atoms with van der Waals surface area (Å²) >= 11 is 1.56. The molecule has 8 nitrogen and oxygen atoms in total. The molecule has 3 aromatic rings. The van der Waals surface area contributed by atoms with Crippen molar-refractivity contribution in [3.05, 3.63) is 57.9 Å². The highest BCUT2D eigenvalue weighted by atomic mass is 32.1. The van der Waals surface area contributed by atoms with Gasteiger partial charge in [0.2, 0.25) is 5.95 Å². The number of fused-ring (bicyclic) bond motifs is 1. The van der Waals surface area contributed by atoms with Gasteiger partial charge in [-0.2, -0.15) is 16.0 Å². The minimum atomic E-state index is -0.384. The van der Waals surface area contributed by atoms with Gasteiger partial charge in [-0.15, -0.1) is 0 Å². The predicted molar refractivity (Wildman–Crippen MR) is 98.2 cm³/mol. The summed E-state index contributed by atoms with van der Waals surface area (Å²) in [5.41, 5.74) is 2.93. The van der Waals surface area contributed by atoms with Crippen molar-refractivity contribution >= 4 is 28.9 Å². The lowest BCUT2D eigenvalue weighted by atomic mass is 9.97. The number of tetrazole rings is 1. The van der Waals surface area contributed by atoms with Crippen LogP contribution in [0, 0.1) is 0 Å². The third-order valence-corrected chi connectivity index (χ3v) is 4.87. The molecule has 1 atom stereocenters. The van der Waals surface area contributed by atoms with Crippen molar-refractivity contribution in [3.8, 4) is 5.75 Å². The van der Waals surface area contributed by atoms with Gasteiger partial charge in [0, 0.05) is 11.4 Å². The molecule has 26 heavy (non-hydrogen) atoms. The number of hydrogen-bond acceptors (Lipinski definition) is 7. The Bertz CT molecular complexity index is 962. The maximum absolute atomic E-state index is 13.1. The zero-order valence-electron chi connectivity index (χ0n) is 14.1. The van der Waals surface area contributed by atoms with Crippen LogP contribution in [0.2, 0.25) is 0 Å². The molecule has 0 spiro atoms. The quantitative estimate of drug-likeness (QED) is 0.735. The number of ether oxygens (including phenoxy) is 1. The summed E-state index contributed by atoms with van der Waals surface area (Å²) in [6.45, 7) is 1.85. The smallest absolute Gasteiger partial charge is 0.255 e. The Morgan fingerprint density at radius 2 is 2.12 bits per heavy atom. The number of aromatic nitrogens is 4. The molecule has 132 valence electrons. The molecule has 0 aliphatic carbocycles. The van der Waals surface area contributed by atoms with E-state index in [0.29, 0.717) is 17.2 Å². The molecule has 2 aromatic heterocycles. The van der Waals surface area contributed by atoms with Gasteiger partial charge in [-0.3, -0.25) is 4.79 Å². The fraction of sp³-hybridized carbons (Fsp3) is 0.176. The van der Waals surface area contributed by atoms with Crippen molar-refractivity contribution in [1.29, 1.82) is 0 Å². The zero-order chi connectivity index (χ0) is 18.1. The Morgan fingerprint density at radius 3 is 2.81 bits per heavy atom. The largest absolute Gasteiger partial charge is 0.497 e. The Kier molecular flexibility index (Phi) is 4.13. The highest BCUT2D eigenvalue weighted by Crippen LogP contribution is 2.35. The van der Waals surface area contributed by atoms with Gasteiger partial charge in [0.25, 0.3) is 5.91 Å². The highest BCUT2D eigenvalue weighted by Gasteiger charge is 2.34. The van der Waals surface area contributed by atoms with E-state index in [1.165, 1.54) is 0 Å². The van der Waals surface area contributed by atoms with Crippen LogP contribution in [0.4, 0.5) is 11.6 Å². The van der Waals surface area contributed by atoms with Crippen LogP contribution in [0.3, 0.4) is 0 Å². The summed E-state index contributed by atoms with van der Waals surface area (Å²) in [7, 11) is 1.60. The van der Waals surface area contributed by atoms with Gasteiger partial charge < -0.3 is 15.4 Å². The van der Waals surface area contributed by atoms with Crippen LogP contribution in [0.1, 0.15) is 18.5 Å². The minimum absolute atomic E-state index is 0.211. The lowest BCUT2D eigenvalue weighted by molar-refractivity contribution is -0.113. The number of methoxy groups -OCH3 is 1. The zero-order valence-corrected chi connectivity index (χ0v) is 14.9. The number of hydrogen-bond donors (Lipinski definition) is 2. The van der Waals surface area contributed by atoms with Gasteiger partial charge in [0.1, 0.15) is 11.8 Å². The first-order chi connectivity index (χ1) is 12.7. The molecule has 0 fully saturated rings. The van der Waals surface area contributed by atoms with Crippen LogP contribution in [-0.2, 0) is 4.79 Å². The van der Waals surface area contributed by atoms with Gasteiger partial charge >= 0.3 is 0 Å². The van der Waals surface area contributed by atoms with E-state index in [4.69, 9.17) is 4.74 Å². The molecule has 0 radical (unpaired) electrons. The van der Waals surface area contributed by atoms with Gasteiger partial charge in [-0.1, -0.05) is 5.10 Å². The van der Waals surface area contributed by atoms with Crippen molar-refractivity contribution < 1.29 is 9.53 Å². The summed E-state index contributed by atoms with van der Waals surface area (Å²) in [5, 5.41) is 21.8. The van der Waals surface area contributed by atoms with Crippen LogP contribution in [0.5, 0.6) is 5.75 Å². The van der Waals surface area contributed by atoms with Gasteiger partial charge in [0.05, 0.1) is 12.7 Å². The number of amides is 1. The normalized spacial score (nSPS) is 16.0. The lowest BCUT2D eigenvalue weighted by Crippen LogP contribution is -2.31. The number of nitrogens with one attached hydrogen (secondary N) is 2. The number of allylic oxidation sites excluding steroid dienone is 1. The number of benzene rings is 1. The summed E-state index contributed by atoms with van der Waals surface area (Å²) in [6, 6.07) is 8.78. The number of carbonyl (C=O) groups is 1. The second-order valence-electron chi connectivity index (χ2n) is 5.75. The van der Waals surface area contributed by atoms with Crippen molar-refractivity contribution in [2.24, 2.45) is 0 Å². The molecule has 1 aromatic carbocycles. The molecule has 0 saturated carbocycles. The molecule has 2 N–H and O–H groups in total. The molecular formula is C17H16N6O2S. The number of thiophene rings is 1. The summed E-state index contributed by atoms with van der Waals surface area (Å²) < 4.78 is 6.77. The lowest BCUT2D eigenvalue weighted by Gasteiger charge is -2.27. The van der Waals surface area contributed by atoms with E-state index >= 15 is 0 Å². The van der Waals surface area contributed by atoms with Crippen LogP contribution in [-0.4, -0.2) is 33.2 Å². The average molecular weight is 368 g/mol. The first-order valence-electron chi connectivity index (χ1n) is 7.90. The number of anilines is 2. The monoisotopic (exact) mass is 368 g/mol. The Balaban J connectivity index is 1.69. The van der Waals surface area contributed by atoms with Crippen molar-refractivity contribution in [1.82, 2.24) is 20.2 Å². The Labute approximate surface area is 153 Å². The number of rotatable bonds is 4. The molecule has 1 amide bonds. The van der Waals surface area contributed by atoms with Crippen LogP contribution in [0.15, 0.2) is 52.4 Å². The molecule has 9 heteroatoms. The van der Waals surface area contributed by atoms with Crippen LogP contribution < -0.4 is 15.4 Å². The maximum Gasteiger partial charge on any atom is 0.255 e. The van der Waals surface area contributed by atoms with Crippen LogP contribution in [0.25, 0.3) is 0 Å². The molecule has 1 aliphatic heterocycles. The van der Waals surface area contributed by atoms with E-state index in [9.17, 15) is 4.79 Å². The van der Waals surface area contributed by atoms with Crippen LogP contribution >= 0.6 is 11.3 Å².